The van der Waals surface area contributed by atoms with Gasteiger partial charge in [0.2, 0.25) is 5.91 Å². The molecule has 0 unspecified atom stereocenters. The molecule has 1 fully saturated rings. The molecule has 1 saturated heterocycles. The molecule has 19 heavy (non-hydrogen) atoms. The van der Waals surface area contributed by atoms with Crippen molar-refractivity contribution in [2.45, 2.75) is 25.3 Å². The van der Waals surface area contributed by atoms with Crippen LogP contribution < -0.4 is 10.6 Å². The van der Waals surface area contributed by atoms with Gasteiger partial charge in [0, 0.05) is 45.8 Å². The molecule has 0 saturated carbocycles. The van der Waals surface area contributed by atoms with E-state index in [0.29, 0.717) is 25.6 Å². The van der Waals surface area contributed by atoms with E-state index in [2.05, 4.69) is 21.5 Å². The Labute approximate surface area is 116 Å². The number of piperidine rings is 1. The summed E-state index contributed by atoms with van der Waals surface area (Å²) in [5.74, 6) is 2.76. The van der Waals surface area contributed by atoms with Gasteiger partial charge in [-0.3, -0.25) is 9.69 Å². The van der Waals surface area contributed by atoms with Crippen LogP contribution in [0.5, 0.6) is 0 Å². The number of hydrogen-bond donors (Lipinski definition) is 2. The maximum absolute atomic E-state index is 11.5. The first-order chi connectivity index (χ1) is 9.26. The molecule has 108 valence electrons. The van der Waals surface area contributed by atoms with Crippen molar-refractivity contribution >= 4 is 5.91 Å². The molecule has 1 aliphatic rings. The second kappa shape index (κ2) is 9.79. The predicted molar refractivity (Wildman–Crippen MR) is 75.8 cm³/mol. The summed E-state index contributed by atoms with van der Waals surface area (Å²) >= 11 is 0. The van der Waals surface area contributed by atoms with Crippen LogP contribution in [0.15, 0.2) is 0 Å². The average Bonchev–Trinajstić information content (AvgIpc) is 2.41. The Morgan fingerprint density at radius 3 is 2.79 bits per heavy atom. The molecule has 1 heterocycles. The second-order valence-electron chi connectivity index (χ2n) is 4.80. The average molecular weight is 267 g/mol. The van der Waals surface area contributed by atoms with E-state index in [1.54, 1.807) is 7.11 Å². The van der Waals surface area contributed by atoms with Crippen molar-refractivity contribution in [1.82, 2.24) is 15.5 Å². The summed E-state index contributed by atoms with van der Waals surface area (Å²) in [5, 5.41) is 6.25. The van der Waals surface area contributed by atoms with Crippen molar-refractivity contribution in [3.05, 3.63) is 0 Å². The number of hydrogen-bond acceptors (Lipinski definition) is 4. The lowest BCUT2D eigenvalue weighted by Crippen LogP contribution is -2.43. The van der Waals surface area contributed by atoms with Gasteiger partial charge < -0.3 is 15.4 Å². The standard InChI is InChI=1S/C14H25N3O2/c1-3-9-17-10-5-13(6-11-17)15-7-4-14(18)16-8-12-19-2/h1,13,15H,4-12H2,2H3,(H,16,18). The fourth-order valence-corrected chi connectivity index (χ4v) is 2.20. The van der Waals surface area contributed by atoms with E-state index >= 15 is 0 Å². The molecule has 0 aromatic rings. The molecular formula is C14H25N3O2. The molecular weight excluding hydrogens is 242 g/mol. The van der Waals surface area contributed by atoms with Gasteiger partial charge in [-0.1, -0.05) is 5.92 Å². The number of amides is 1. The van der Waals surface area contributed by atoms with E-state index < -0.39 is 0 Å². The zero-order valence-electron chi connectivity index (χ0n) is 11.8. The smallest absolute Gasteiger partial charge is 0.221 e. The number of nitrogens with one attached hydrogen (secondary N) is 2. The summed E-state index contributed by atoms with van der Waals surface area (Å²) < 4.78 is 4.87. The number of rotatable bonds is 8. The molecule has 0 aliphatic carbocycles. The first kappa shape index (κ1) is 16.0. The van der Waals surface area contributed by atoms with E-state index in [-0.39, 0.29) is 5.91 Å². The first-order valence-corrected chi connectivity index (χ1v) is 6.91. The van der Waals surface area contributed by atoms with E-state index in [1.165, 1.54) is 0 Å². The molecule has 5 nitrogen and oxygen atoms in total. The molecule has 5 heteroatoms. The third-order valence-electron chi connectivity index (χ3n) is 3.32. The molecule has 1 aliphatic heterocycles. The Hall–Kier alpha value is -1.09. The zero-order valence-corrected chi connectivity index (χ0v) is 11.8. The maximum atomic E-state index is 11.5. The lowest BCUT2D eigenvalue weighted by molar-refractivity contribution is -0.121. The van der Waals surface area contributed by atoms with E-state index in [4.69, 9.17) is 11.2 Å². The monoisotopic (exact) mass is 267 g/mol. The van der Waals surface area contributed by atoms with Gasteiger partial charge in [-0.15, -0.1) is 6.42 Å². The van der Waals surface area contributed by atoms with Crippen molar-refractivity contribution < 1.29 is 9.53 Å². The van der Waals surface area contributed by atoms with Crippen LogP contribution in [-0.2, 0) is 9.53 Å². The fourth-order valence-electron chi connectivity index (χ4n) is 2.20. The van der Waals surface area contributed by atoms with E-state index in [0.717, 1.165) is 39.0 Å². The van der Waals surface area contributed by atoms with Gasteiger partial charge in [0.1, 0.15) is 0 Å². The van der Waals surface area contributed by atoms with E-state index in [9.17, 15) is 4.79 Å². The number of methoxy groups -OCH3 is 1. The topological polar surface area (TPSA) is 53.6 Å². The Morgan fingerprint density at radius 2 is 2.16 bits per heavy atom. The van der Waals surface area contributed by atoms with Crippen molar-refractivity contribution in [2.24, 2.45) is 0 Å². The lowest BCUT2D eigenvalue weighted by atomic mass is 10.1. The number of nitrogens with zero attached hydrogens (tertiary/aromatic N) is 1. The summed E-state index contributed by atoms with van der Waals surface area (Å²) in [7, 11) is 1.63. The van der Waals surface area contributed by atoms with Gasteiger partial charge in [0.25, 0.3) is 0 Å². The number of terminal acetylenes is 1. The molecule has 0 spiro atoms. The minimum atomic E-state index is 0.0781. The Kier molecular flexibility index (Phi) is 8.23. The minimum Gasteiger partial charge on any atom is -0.383 e. The highest BCUT2D eigenvalue weighted by atomic mass is 16.5. The predicted octanol–water partition coefficient (Wildman–Crippen LogP) is -0.174. The highest BCUT2D eigenvalue weighted by Crippen LogP contribution is 2.09. The molecule has 1 rings (SSSR count). The Morgan fingerprint density at radius 1 is 1.42 bits per heavy atom. The van der Waals surface area contributed by atoms with Gasteiger partial charge >= 0.3 is 0 Å². The molecule has 1 amide bonds. The lowest BCUT2D eigenvalue weighted by Gasteiger charge is -2.31. The van der Waals surface area contributed by atoms with Gasteiger partial charge in [0.05, 0.1) is 13.2 Å². The molecule has 0 atom stereocenters. The summed E-state index contributed by atoms with van der Waals surface area (Å²) in [6.45, 7) is 4.71. The molecule has 0 aromatic carbocycles. The van der Waals surface area contributed by atoms with Crippen molar-refractivity contribution in [3.8, 4) is 12.3 Å². The van der Waals surface area contributed by atoms with Gasteiger partial charge in [-0.25, -0.2) is 0 Å². The van der Waals surface area contributed by atoms with Crippen molar-refractivity contribution in [3.63, 3.8) is 0 Å². The van der Waals surface area contributed by atoms with Crippen LogP contribution >= 0.6 is 0 Å². The molecule has 0 bridgehead atoms. The largest absolute Gasteiger partial charge is 0.383 e. The molecule has 2 N–H and O–H groups in total. The summed E-state index contributed by atoms with van der Waals surface area (Å²) in [4.78, 5) is 13.7. The second-order valence-corrected chi connectivity index (χ2v) is 4.80. The zero-order chi connectivity index (χ0) is 13.9. The third kappa shape index (κ3) is 7.16. The summed E-state index contributed by atoms with van der Waals surface area (Å²) in [5.41, 5.74) is 0. The highest BCUT2D eigenvalue weighted by molar-refractivity contribution is 5.76. The normalized spacial score (nSPS) is 17.1. The van der Waals surface area contributed by atoms with E-state index in [1.807, 2.05) is 0 Å². The number of carbonyl (C=O) groups excluding carboxylic acids is 1. The van der Waals surface area contributed by atoms with Crippen LogP contribution in [0.25, 0.3) is 0 Å². The van der Waals surface area contributed by atoms with Crippen LogP contribution in [0.1, 0.15) is 19.3 Å². The minimum absolute atomic E-state index is 0.0781. The van der Waals surface area contributed by atoms with Gasteiger partial charge in [-0.2, -0.15) is 0 Å². The molecule has 0 radical (unpaired) electrons. The van der Waals surface area contributed by atoms with Gasteiger partial charge in [0.15, 0.2) is 0 Å². The highest BCUT2D eigenvalue weighted by Gasteiger charge is 2.17. The summed E-state index contributed by atoms with van der Waals surface area (Å²) in [6.07, 6.45) is 8.03. The summed E-state index contributed by atoms with van der Waals surface area (Å²) in [6, 6.07) is 0.515. The van der Waals surface area contributed by atoms with Crippen molar-refractivity contribution in [1.29, 1.82) is 0 Å². The Balaban J connectivity index is 2.01. The molecule has 0 aromatic heterocycles. The maximum Gasteiger partial charge on any atom is 0.221 e. The third-order valence-corrected chi connectivity index (χ3v) is 3.32. The SMILES string of the molecule is C#CCN1CCC(NCCC(=O)NCCOC)CC1. The van der Waals surface area contributed by atoms with Crippen LogP contribution in [0.4, 0.5) is 0 Å². The van der Waals surface area contributed by atoms with Crippen LogP contribution in [0.2, 0.25) is 0 Å². The van der Waals surface area contributed by atoms with Crippen LogP contribution in [-0.4, -0.2) is 63.3 Å². The first-order valence-electron chi connectivity index (χ1n) is 6.91. The van der Waals surface area contributed by atoms with Gasteiger partial charge in [-0.05, 0) is 12.8 Å². The van der Waals surface area contributed by atoms with Crippen molar-refractivity contribution in [2.75, 3.05) is 46.4 Å². The number of ether oxygens (including phenoxy) is 1. The van der Waals surface area contributed by atoms with Crippen LogP contribution in [0, 0.1) is 12.3 Å². The fraction of sp³-hybridized carbons (Fsp3) is 0.786. The number of carbonyl (C=O) groups is 1. The van der Waals surface area contributed by atoms with Crippen LogP contribution in [0.3, 0.4) is 0 Å². The quantitative estimate of drug-likeness (QED) is 0.473. The number of likely N-dealkylation sites (tertiary alicyclic amines) is 1. The Bertz CT molecular complexity index is 294.